The molecule has 0 radical (unpaired) electrons. The van der Waals surface area contributed by atoms with Crippen LogP contribution in [-0.2, 0) is 0 Å². The lowest BCUT2D eigenvalue weighted by atomic mass is 10.1. The predicted octanol–water partition coefficient (Wildman–Crippen LogP) is 2.50. The van der Waals surface area contributed by atoms with E-state index in [2.05, 4.69) is 23.3 Å². The smallest absolute Gasteiger partial charge is 0.144 e. The van der Waals surface area contributed by atoms with Crippen molar-refractivity contribution in [3.8, 4) is 6.07 Å². The van der Waals surface area contributed by atoms with Gasteiger partial charge in [-0.15, -0.1) is 0 Å². The van der Waals surface area contributed by atoms with Gasteiger partial charge < -0.3 is 11.1 Å². The molecule has 0 bridgehead atoms. The summed E-state index contributed by atoms with van der Waals surface area (Å²) in [5, 5.41) is 12.5. The van der Waals surface area contributed by atoms with E-state index in [1.165, 1.54) is 0 Å². The van der Waals surface area contributed by atoms with Gasteiger partial charge in [0.25, 0.3) is 0 Å². The van der Waals surface area contributed by atoms with Gasteiger partial charge >= 0.3 is 0 Å². The highest BCUT2D eigenvalue weighted by Gasteiger charge is 2.12. The van der Waals surface area contributed by atoms with Crippen LogP contribution in [0.5, 0.6) is 0 Å². The van der Waals surface area contributed by atoms with Gasteiger partial charge in [0, 0.05) is 18.3 Å². The molecule has 0 saturated heterocycles. The molecule has 0 fully saturated rings. The first-order chi connectivity index (χ1) is 8.62. The summed E-state index contributed by atoms with van der Waals surface area (Å²) >= 11 is 0. The summed E-state index contributed by atoms with van der Waals surface area (Å²) in [4.78, 5) is 4.41. The Kier molecular flexibility index (Phi) is 5.60. The maximum Gasteiger partial charge on any atom is 0.144 e. The van der Waals surface area contributed by atoms with E-state index in [9.17, 15) is 5.26 Å². The third-order valence-corrected chi connectivity index (χ3v) is 2.99. The molecular weight excluding hydrogens is 224 g/mol. The van der Waals surface area contributed by atoms with Crippen LogP contribution in [0.25, 0.3) is 0 Å². The largest absolute Gasteiger partial charge is 0.365 e. The molecule has 1 heterocycles. The molecule has 3 N–H and O–H groups in total. The molecule has 0 spiro atoms. The van der Waals surface area contributed by atoms with Crippen molar-refractivity contribution in [2.24, 2.45) is 5.73 Å². The third kappa shape index (κ3) is 3.71. The highest BCUT2D eigenvalue weighted by atomic mass is 15.0. The van der Waals surface area contributed by atoms with E-state index in [-0.39, 0.29) is 6.04 Å². The molecule has 0 aromatic carbocycles. The van der Waals surface area contributed by atoms with Crippen LogP contribution in [0.2, 0.25) is 0 Å². The Morgan fingerprint density at radius 1 is 1.50 bits per heavy atom. The highest BCUT2D eigenvalue weighted by Crippen LogP contribution is 2.19. The Balaban J connectivity index is 2.91. The first kappa shape index (κ1) is 14.5. The second-order valence-electron chi connectivity index (χ2n) is 4.64. The van der Waals surface area contributed by atoms with E-state index >= 15 is 0 Å². The number of anilines is 1. The summed E-state index contributed by atoms with van der Waals surface area (Å²) < 4.78 is 0. The van der Waals surface area contributed by atoms with Crippen LogP contribution in [0.4, 0.5) is 5.82 Å². The average Bonchev–Trinajstić information content (AvgIpc) is 2.33. The Bertz CT molecular complexity index is 434. The maximum absolute atomic E-state index is 9.19. The number of nitrogens with zero attached hydrogens (tertiary/aromatic N) is 2. The number of nitriles is 1. The summed E-state index contributed by atoms with van der Waals surface area (Å²) in [6.07, 6.45) is 3.28. The summed E-state index contributed by atoms with van der Waals surface area (Å²) in [5.41, 5.74) is 8.25. The van der Waals surface area contributed by atoms with Crippen LogP contribution in [0, 0.1) is 25.2 Å². The minimum Gasteiger partial charge on any atom is -0.365 e. The van der Waals surface area contributed by atoms with Crippen molar-refractivity contribution in [3.05, 3.63) is 22.9 Å². The van der Waals surface area contributed by atoms with Gasteiger partial charge in [-0.3, -0.25) is 0 Å². The number of rotatable bonds is 6. The lowest BCUT2D eigenvalue weighted by Crippen LogP contribution is -2.29. The molecule has 4 heteroatoms. The third-order valence-electron chi connectivity index (χ3n) is 2.99. The molecule has 0 aliphatic heterocycles. The lowest BCUT2D eigenvalue weighted by Gasteiger charge is -2.19. The van der Waals surface area contributed by atoms with Crippen molar-refractivity contribution in [3.63, 3.8) is 0 Å². The van der Waals surface area contributed by atoms with E-state index in [0.717, 1.165) is 30.5 Å². The van der Waals surface area contributed by atoms with Crippen molar-refractivity contribution >= 4 is 5.82 Å². The van der Waals surface area contributed by atoms with Gasteiger partial charge in [-0.05, 0) is 31.9 Å². The fourth-order valence-electron chi connectivity index (χ4n) is 1.98. The molecule has 0 saturated carbocycles. The second kappa shape index (κ2) is 6.97. The number of hydrogen-bond acceptors (Lipinski definition) is 4. The number of aryl methyl sites for hydroxylation is 2. The number of nitrogens with two attached hydrogens (primary N) is 1. The van der Waals surface area contributed by atoms with E-state index in [4.69, 9.17) is 5.73 Å². The SMILES string of the molecule is CCCCC(CN)Nc1nc(C)cc(C)c1C#N. The zero-order chi connectivity index (χ0) is 13.5. The molecule has 18 heavy (non-hydrogen) atoms. The molecule has 98 valence electrons. The Morgan fingerprint density at radius 2 is 2.22 bits per heavy atom. The normalized spacial score (nSPS) is 11.9. The summed E-state index contributed by atoms with van der Waals surface area (Å²) in [6.45, 7) is 6.58. The zero-order valence-corrected chi connectivity index (χ0v) is 11.5. The molecule has 1 aromatic rings. The molecule has 0 aliphatic rings. The maximum atomic E-state index is 9.19. The predicted molar refractivity (Wildman–Crippen MR) is 74.4 cm³/mol. The minimum atomic E-state index is 0.186. The summed E-state index contributed by atoms with van der Waals surface area (Å²) in [7, 11) is 0. The minimum absolute atomic E-state index is 0.186. The molecular formula is C14H22N4. The standard InChI is InChI=1S/C14H22N4/c1-4-5-6-12(8-15)18-14-13(9-16)10(2)7-11(3)17-14/h7,12H,4-6,8,15H2,1-3H3,(H,17,18). The first-order valence-electron chi connectivity index (χ1n) is 6.47. The number of pyridine rings is 1. The Morgan fingerprint density at radius 3 is 2.78 bits per heavy atom. The van der Waals surface area contributed by atoms with Crippen molar-refractivity contribution < 1.29 is 0 Å². The van der Waals surface area contributed by atoms with Crippen molar-refractivity contribution in [2.45, 2.75) is 46.1 Å². The molecule has 4 nitrogen and oxygen atoms in total. The van der Waals surface area contributed by atoms with Gasteiger partial charge in [0.2, 0.25) is 0 Å². The van der Waals surface area contributed by atoms with Crippen molar-refractivity contribution in [1.29, 1.82) is 5.26 Å². The topological polar surface area (TPSA) is 74.7 Å². The Labute approximate surface area is 109 Å². The van der Waals surface area contributed by atoms with Crippen LogP contribution in [0.15, 0.2) is 6.07 Å². The van der Waals surface area contributed by atoms with Crippen LogP contribution in [-0.4, -0.2) is 17.6 Å². The van der Waals surface area contributed by atoms with Crippen LogP contribution >= 0.6 is 0 Å². The molecule has 1 unspecified atom stereocenters. The number of unbranched alkanes of at least 4 members (excludes halogenated alkanes) is 1. The van der Waals surface area contributed by atoms with Crippen LogP contribution in [0.1, 0.15) is 43.0 Å². The van der Waals surface area contributed by atoms with Gasteiger partial charge in [-0.1, -0.05) is 19.8 Å². The van der Waals surface area contributed by atoms with Gasteiger partial charge in [0.15, 0.2) is 0 Å². The van der Waals surface area contributed by atoms with E-state index in [0.29, 0.717) is 17.9 Å². The first-order valence-corrected chi connectivity index (χ1v) is 6.47. The molecule has 0 amide bonds. The van der Waals surface area contributed by atoms with E-state index < -0.39 is 0 Å². The van der Waals surface area contributed by atoms with Crippen LogP contribution < -0.4 is 11.1 Å². The highest BCUT2D eigenvalue weighted by molar-refractivity contribution is 5.56. The fraction of sp³-hybridized carbons (Fsp3) is 0.571. The Hall–Kier alpha value is -1.60. The van der Waals surface area contributed by atoms with Gasteiger partial charge in [-0.2, -0.15) is 5.26 Å². The van der Waals surface area contributed by atoms with E-state index in [1.54, 1.807) is 0 Å². The molecule has 0 aliphatic carbocycles. The lowest BCUT2D eigenvalue weighted by molar-refractivity contribution is 0.612. The van der Waals surface area contributed by atoms with Crippen molar-refractivity contribution in [2.75, 3.05) is 11.9 Å². The van der Waals surface area contributed by atoms with E-state index in [1.807, 2.05) is 19.9 Å². The summed E-state index contributed by atoms with van der Waals surface area (Å²) in [5.74, 6) is 0.668. The van der Waals surface area contributed by atoms with Gasteiger partial charge in [0.05, 0.1) is 5.56 Å². The number of hydrogen-bond donors (Lipinski definition) is 2. The molecule has 1 rings (SSSR count). The quantitative estimate of drug-likeness (QED) is 0.808. The summed E-state index contributed by atoms with van der Waals surface area (Å²) in [6, 6.07) is 4.32. The zero-order valence-electron chi connectivity index (χ0n) is 11.5. The monoisotopic (exact) mass is 246 g/mol. The number of nitrogens with one attached hydrogen (secondary N) is 1. The van der Waals surface area contributed by atoms with Crippen molar-refractivity contribution in [1.82, 2.24) is 4.98 Å². The van der Waals surface area contributed by atoms with Gasteiger partial charge in [0.1, 0.15) is 11.9 Å². The number of aromatic nitrogens is 1. The fourth-order valence-corrected chi connectivity index (χ4v) is 1.98. The van der Waals surface area contributed by atoms with Gasteiger partial charge in [-0.25, -0.2) is 4.98 Å². The van der Waals surface area contributed by atoms with Crippen LogP contribution in [0.3, 0.4) is 0 Å². The second-order valence-corrected chi connectivity index (χ2v) is 4.64. The average molecular weight is 246 g/mol. The molecule has 1 aromatic heterocycles. The molecule has 1 atom stereocenters.